The summed E-state index contributed by atoms with van der Waals surface area (Å²) < 4.78 is 0. The van der Waals surface area contributed by atoms with Gasteiger partial charge in [-0.05, 0) is 68.2 Å². The van der Waals surface area contributed by atoms with Gasteiger partial charge in [0.05, 0.1) is 0 Å². The normalized spacial score (nSPS) is 18.2. The molecule has 1 atom stereocenters. The molecular formula is C19H22. The van der Waals surface area contributed by atoms with Gasteiger partial charge in [-0.3, -0.25) is 0 Å². The maximum absolute atomic E-state index is 2.38. The molecule has 1 aliphatic rings. The van der Waals surface area contributed by atoms with E-state index in [9.17, 15) is 0 Å². The quantitative estimate of drug-likeness (QED) is 0.676. The predicted molar refractivity (Wildman–Crippen MR) is 81.9 cm³/mol. The average molecular weight is 250 g/mol. The molecule has 0 aliphatic heterocycles. The van der Waals surface area contributed by atoms with Crippen LogP contribution in [0.4, 0.5) is 0 Å². The van der Waals surface area contributed by atoms with E-state index in [2.05, 4.69) is 57.2 Å². The van der Waals surface area contributed by atoms with Gasteiger partial charge >= 0.3 is 0 Å². The molecule has 0 nitrogen and oxygen atoms in total. The molecule has 0 heteroatoms. The SMILES string of the molecule is Cc1ccc(C2CCc3cc(C)cc(C)c3C2)cc1. The van der Waals surface area contributed by atoms with Crippen LogP contribution in [0.3, 0.4) is 0 Å². The maximum Gasteiger partial charge on any atom is -0.0118 e. The third-order valence-corrected chi connectivity index (χ3v) is 4.47. The number of aryl methyl sites for hydroxylation is 4. The Balaban J connectivity index is 1.92. The molecule has 98 valence electrons. The fourth-order valence-corrected chi connectivity index (χ4v) is 3.40. The summed E-state index contributed by atoms with van der Waals surface area (Å²) in [5, 5.41) is 0. The molecular weight excluding hydrogens is 228 g/mol. The maximum atomic E-state index is 2.38. The second kappa shape index (κ2) is 4.85. The van der Waals surface area contributed by atoms with Crippen molar-refractivity contribution >= 4 is 0 Å². The van der Waals surface area contributed by atoms with Crippen molar-refractivity contribution in [1.29, 1.82) is 0 Å². The van der Waals surface area contributed by atoms with Crippen molar-refractivity contribution in [2.24, 2.45) is 0 Å². The largest absolute Gasteiger partial charge is 0.0590 e. The van der Waals surface area contributed by atoms with Crippen LogP contribution in [-0.2, 0) is 12.8 Å². The zero-order valence-electron chi connectivity index (χ0n) is 12.2. The number of fused-ring (bicyclic) bond motifs is 1. The van der Waals surface area contributed by atoms with Gasteiger partial charge < -0.3 is 0 Å². The minimum Gasteiger partial charge on any atom is -0.0590 e. The Hall–Kier alpha value is -1.56. The van der Waals surface area contributed by atoms with Gasteiger partial charge in [0.25, 0.3) is 0 Å². The van der Waals surface area contributed by atoms with Crippen molar-refractivity contribution in [3.8, 4) is 0 Å². The topological polar surface area (TPSA) is 0 Å². The third-order valence-electron chi connectivity index (χ3n) is 4.47. The van der Waals surface area contributed by atoms with Crippen molar-refractivity contribution in [3.05, 3.63) is 69.8 Å². The Bertz CT molecular complexity index is 590. The van der Waals surface area contributed by atoms with Gasteiger partial charge in [0, 0.05) is 0 Å². The first-order chi connectivity index (χ1) is 9.13. The van der Waals surface area contributed by atoms with Crippen LogP contribution >= 0.6 is 0 Å². The predicted octanol–water partition coefficient (Wildman–Crippen LogP) is 4.88. The van der Waals surface area contributed by atoms with Crippen molar-refractivity contribution in [1.82, 2.24) is 0 Å². The summed E-state index contributed by atoms with van der Waals surface area (Å²) in [7, 11) is 0. The minimum absolute atomic E-state index is 0.703. The molecule has 0 saturated heterocycles. The van der Waals surface area contributed by atoms with Crippen molar-refractivity contribution in [3.63, 3.8) is 0 Å². The van der Waals surface area contributed by atoms with E-state index in [4.69, 9.17) is 0 Å². The lowest BCUT2D eigenvalue weighted by Crippen LogP contribution is -2.14. The second-order valence-corrected chi connectivity index (χ2v) is 6.07. The summed E-state index contributed by atoms with van der Waals surface area (Å²) in [5.74, 6) is 0.703. The van der Waals surface area contributed by atoms with Crippen molar-refractivity contribution in [2.45, 2.75) is 46.0 Å². The lowest BCUT2D eigenvalue weighted by atomic mass is 9.78. The van der Waals surface area contributed by atoms with E-state index in [0.717, 1.165) is 0 Å². The minimum atomic E-state index is 0.703. The summed E-state index contributed by atoms with van der Waals surface area (Å²) >= 11 is 0. The second-order valence-electron chi connectivity index (χ2n) is 6.07. The van der Waals surface area contributed by atoms with E-state index in [1.807, 2.05) is 0 Å². The molecule has 1 aliphatic carbocycles. The first-order valence-corrected chi connectivity index (χ1v) is 7.29. The van der Waals surface area contributed by atoms with Crippen molar-refractivity contribution in [2.75, 3.05) is 0 Å². The number of rotatable bonds is 1. The first-order valence-electron chi connectivity index (χ1n) is 7.29. The smallest absolute Gasteiger partial charge is 0.0118 e. The molecule has 3 rings (SSSR count). The van der Waals surface area contributed by atoms with Gasteiger partial charge in [-0.2, -0.15) is 0 Å². The van der Waals surface area contributed by atoms with Gasteiger partial charge in [0.15, 0.2) is 0 Å². The van der Waals surface area contributed by atoms with E-state index in [1.165, 1.54) is 41.5 Å². The van der Waals surface area contributed by atoms with Crippen LogP contribution in [0, 0.1) is 20.8 Å². The number of hydrogen-bond donors (Lipinski definition) is 0. The molecule has 1 unspecified atom stereocenters. The molecule has 0 fully saturated rings. The fraction of sp³-hybridized carbons (Fsp3) is 0.368. The van der Waals surface area contributed by atoms with Crippen molar-refractivity contribution < 1.29 is 0 Å². The molecule has 2 aromatic rings. The molecule has 0 bridgehead atoms. The van der Waals surface area contributed by atoms with Crippen LogP contribution in [0.25, 0.3) is 0 Å². The molecule has 0 aromatic heterocycles. The van der Waals surface area contributed by atoms with E-state index in [1.54, 1.807) is 11.1 Å². The van der Waals surface area contributed by atoms with Crippen LogP contribution in [0.15, 0.2) is 36.4 Å². The molecule has 0 spiro atoms. The Morgan fingerprint density at radius 3 is 2.37 bits per heavy atom. The average Bonchev–Trinajstić information content (AvgIpc) is 2.39. The van der Waals surface area contributed by atoms with Crippen LogP contribution in [-0.4, -0.2) is 0 Å². The van der Waals surface area contributed by atoms with Crippen LogP contribution in [0.1, 0.15) is 45.7 Å². The van der Waals surface area contributed by atoms with Gasteiger partial charge in [-0.1, -0.05) is 47.5 Å². The van der Waals surface area contributed by atoms with Gasteiger partial charge in [-0.25, -0.2) is 0 Å². The summed E-state index contributed by atoms with van der Waals surface area (Å²) in [6, 6.07) is 13.8. The zero-order valence-corrected chi connectivity index (χ0v) is 12.2. The zero-order chi connectivity index (χ0) is 13.4. The lowest BCUT2D eigenvalue weighted by Gasteiger charge is -2.27. The molecule has 0 N–H and O–H groups in total. The van der Waals surface area contributed by atoms with Gasteiger partial charge in [-0.15, -0.1) is 0 Å². The standard InChI is InChI=1S/C19H22/c1-13-4-6-16(7-5-13)17-8-9-18-11-14(2)10-15(3)19(18)12-17/h4-7,10-11,17H,8-9,12H2,1-3H3. The first kappa shape index (κ1) is 12.5. The molecule has 19 heavy (non-hydrogen) atoms. The summed E-state index contributed by atoms with van der Waals surface area (Å²) in [6.07, 6.45) is 3.74. The van der Waals surface area contributed by atoms with Crippen LogP contribution < -0.4 is 0 Å². The summed E-state index contributed by atoms with van der Waals surface area (Å²) in [6.45, 7) is 6.63. The highest BCUT2D eigenvalue weighted by Gasteiger charge is 2.21. The highest BCUT2D eigenvalue weighted by atomic mass is 14.3. The summed E-state index contributed by atoms with van der Waals surface area (Å²) in [4.78, 5) is 0. The monoisotopic (exact) mass is 250 g/mol. The van der Waals surface area contributed by atoms with Crippen LogP contribution in [0.5, 0.6) is 0 Å². The number of benzene rings is 2. The van der Waals surface area contributed by atoms with E-state index in [0.29, 0.717) is 5.92 Å². The molecule has 0 saturated carbocycles. The Morgan fingerprint density at radius 1 is 0.895 bits per heavy atom. The molecule has 0 radical (unpaired) electrons. The molecule has 0 amide bonds. The van der Waals surface area contributed by atoms with E-state index >= 15 is 0 Å². The van der Waals surface area contributed by atoms with Gasteiger partial charge in [0.2, 0.25) is 0 Å². The molecule has 0 heterocycles. The number of hydrogen-bond acceptors (Lipinski definition) is 0. The Labute approximate surface area is 116 Å². The lowest BCUT2D eigenvalue weighted by molar-refractivity contribution is 0.582. The van der Waals surface area contributed by atoms with E-state index in [-0.39, 0.29) is 0 Å². The Morgan fingerprint density at radius 2 is 1.63 bits per heavy atom. The fourth-order valence-electron chi connectivity index (χ4n) is 3.40. The van der Waals surface area contributed by atoms with Gasteiger partial charge in [0.1, 0.15) is 0 Å². The Kier molecular flexibility index (Phi) is 3.18. The third kappa shape index (κ3) is 2.45. The highest BCUT2D eigenvalue weighted by molar-refractivity contribution is 5.42. The molecule has 2 aromatic carbocycles. The van der Waals surface area contributed by atoms with E-state index < -0.39 is 0 Å². The highest BCUT2D eigenvalue weighted by Crippen LogP contribution is 2.34. The summed E-state index contributed by atoms with van der Waals surface area (Å²) in [5.41, 5.74) is 8.93. The van der Waals surface area contributed by atoms with Crippen LogP contribution in [0.2, 0.25) is 0 Å².